The summed E-state index contributed by atoms with van der Waals surface area (Å²) in [6, 6.07) is 9.96. The second-order valence-electron chi connectivity index (χ2n) is 3.05. The molecule has 1 aromatic heterocycles. The van der Waals surface area contributed by atoms with E-state index < -0.39 is 0 Å². The Morgan fingerprint density at radius 3 is 2.73 bits per heavy atom. The van der Waals surface area contributed by atoms with Crippen molar-refractivity contribution in [3.05, 3.63) is 48.4 Å². The van der Waals surface area contributed by atoms with E-state index in [1.54, 1.807) is 19.6 Å². The standard InChI is InChI=1S/C12H10O2.Cr/c1-13-8-10-4-2-3-5-12(10)11-6-7-14-9-11;/h2-7,9H,1H3;. The minimum atomic E-state index is 0.784. The van der Waals surface area contributed by atoms with E-state index in [1.165, 1.54) is 0 Å². The van der Waals surface area contributed by atoms with E-state index >= 15 is 0 Å². The summed E-state index contributed by atoms with van der Waals surface area (Å²) in [6.45, 7) is 0. The number of ether oxygens (including phenoxy) is 1. The summed E-state index contributed by atoms with van der Waals surface area (Å²) in [4.78, 5) is 0. The molecule has 3 heteroatoms. The fraction of sp³-hybridized carbons (Fsp3) is 0.0833. The molecule has 0 aliphatic rings. The first-order chi connectivity index (χ1) is 7.33. The van der Waals surface area contributed by atoms with Crippen LogP contribution in [0.3, 0.4) is 0 Å². The van der Waals surface area contributed by atoms with Crippen LogP contribution in [0.15, 0.2) is 47.3 Å². The quantitative estimate of drug-likeness (QED) is 0.820. The van der Waals surface area contributed by atoms with E-state index in [1.807, 2.05) is 30.3 Å². The van der Waals surface area contributed by atoms with Crippen LogP contribution in [0.1, 0.15) is 5.56 Å². The van der Waals surface area contributed by atoms with Gasteiger partial charge in [0.25, 0.3) is 0 Å². The Morgan fingerprint density at radius 2 is 2.07 bits per heavy atom. The summed E-state index contributed by atoms with van der Waals surface area (Å²) < 4.78 is 11.1. The molecule has 0 atom stereocenters. The number of hydrogen-bond donors (Lipinski definition) is 0. The van der Waals surface area contributed by atoms with Crippen LogP contribution < -0.4 is 0 Å². The summed E-state index contributed by atoms with van der Waals surface area (Å²) in [6.07, 6.45) is 3.39. The average molecular weight is 238 g/mol. The zero-order chi connectivity index (χ0) is 10.7. The van der Waals surface area contributed by atoms with Crippen molar-refractivity contribution in [2.75, 3.05) is 7.11 Å². The first-order valence-electron chi connectivity index (χ1n) is 4.53. The molecule has 0 unspecified atom stereocenters. The van der Waals surface area contributed by atoms with Gasteiger partial charge >= 0.3 is 96.2 Å². The number of benzene rings is 1. The molecule has 0 N–H and O–H groups in total. The van der Waals surface area contributed by atoms with Gasteiger partial charge in [-0.15, -0.1) is 0 Å². The molecule has 15 heavy (non-hydrogen) atoms. The van der Waals surface area contributed by atoms with Crippen LogP contribution in [0, 0.1) is 0 Å². The van der Waals surface area contributed by atoms with Crippen LogP contribution in [0.2, 0.25) is 0 Å². The number of rotatable bonds is 3. The molecule has 2 aromatic rings. The Hall–Kier alpha value is -1.14. The Kier molecular flexibility index (Phi) is 3.18. The van der Waals surface area contributed by atoms with Crippen molar-refractivity contribution >= 4 is 4.57 Å². The van der Waals surface area contributed by atoms with Crippen LogP contribution in [-0.2, 0) is 20.6 Å². The van der Waals surface area contributed by atoms with Gasteiger partial charge in [0.2, 0.25) is 0 Å². The van der Waals surface area contributed by atoms with Crippen LogP contribution in [-0.4, -0.2) is 11.7 Å². The molecule has 0 spiro atoms. The molecular formula is C12H10CrO2. The Morgan fingerprint density at radius 1 is 1.27 bits per heavy atom. The third-order valence-electron chi connectivity index (χ3n) is 2.16. The van der Waals surface area contributed by atoms with Crippen molar-refractivity contribution in [2.45, 2.75) is 0 Å². The first kappa shape index (κ1) is 10.4. The van der Waals surface area contributed by atoms with Crippen molar-refractivity contribution in [1.82, 2.24) is 0 Å². The van der Waals surface area contributed by atoms with Gasteiger partial charge in [-0.25, -0.2) is 0 Å². The maximum absolute atomic E-state index is 5.21. The van der Waals surface area contributed by atoms with Gasteiger partial charge in [0.1, 0.15) is 0 Å². The predicted molar refractivity (Wildman–Crippen MR) is 55.3 cm³/mol. The second-order valence-corrected chi connectivity index (χ2v) is 3.63. The summed E-state index contributed by atoms with van der Waals surface area (Å²) in [5.74, 6) is 0. The molecule has 0 bridgehead atoms. The zero-order valence-corrected chi connectivity index (χ0v) is 9.54. The third-order valence-corrected chi connectivity index (χ3v) is 2.77. The van der Waals surface area contributed by atoms with Crippen LogP contribution >= 0.6 is 0 Å². The maximum atomic E-state index is 5.21. The summed E-state index contributed by atoms with van der Waals surface area (Å²) >= 11 is 2.91. The van der Waals surface area contributed by atoms with Crippen molar-refractivity contribution in [1.29, 1.82) is 0 Å². The molecule has 0 fully saturated rings. The molecule has 1 heterocycles. The molecule has 0 saturated heterocycles. The monoisotopic (exact) mass is 238 g/mol. The van der Waals surface area contributed by atoms with Crippen molar-refractivity contribution in [3.8, 4) is 11.1 Å². The fourth-order valence-corrected chi connectivity index (χ4v) is 1.72. The minimum absolute atomic E-state index is 0.784. The molecule has 0 radical (unpaired) electrons. The number of methoxy groups -OCH3 is 1. The third kappa shape index (κ3) is 2.10. The summed E-state index contributed by atoms with van der Waals surface area (Å²) in [5.41, 5.74) is 3.19. The molecule has 2 rings (SSSR count). The molecule has 0 aliphatic heterocycles. The molecule has 1 aromatic carbocycles. The van der Waals surface area contributed by atoms with E-state index in [2.05, 4.69) is 15.9 Å². The van der Waals surface area contributed by atoms with Crippen LogP contribution in [0.25, 0.3) is 11.1 Å². The predicted octanol–water partition coefficient (Wildman–Crippen LogP) is 2.62. The van der Waals surface area contributed by atoms with Gasteiger partial charge in [0.15, 0.2) is 0 Å². The second kappa shape index (κ2) is 4.59. The van der Waals surface area contributed by atoms with Gasteiger partial charge in [-0.05, 0) is 0 Å². The molecule has 0 amide bonds. The van der Waals surface area contributed by atoms with Gasteiger partial charge in [0, 0.05) is 0 Å². The van der Waals surface area contributed by atoms with Crippen LogP contribution in [0.5, 0.6) is 0 Å². The van der Waals surface area contributed by atoms with E-state index in [9.17, 15) is 0 Å². The fourth-order valence-electron chi connectivity index (χ4n) is 1.44. The Bertz CT molecular complexity index is 460. The van der Waals surface area contributed by atoms with Crippen molar-refractivity contribution in [3.63, 3.8) is 0 Å². The normalized spacial score (nSPS) is 10.2. The zero-order valence-electron chi connectivity index (χ0n) is 8.27. The molecular weight excluding hydrogens is 228 g/mol. The SMILES string of the molecule is CO[C](=[Cr])c1ccccc1-c1ccoc1. The van der Waals surface area contributed by atoms with Gasteiger partial charge in [-0.3, -0.25) is 0 Å². The van der Waals surface area contributed by atoms with E-state index in [0.717, 1.165) is 21.3 Å². The van der Waals surface area contributed by atoms with Gasteiger partial charge in [-0.1, -0.05) is 0 Å². The molecule has 0 saturated carbocycles. The molecule has 2 nitrogen and oxygen atoms in total. The molecule has 76 valence electrons. The topological polar surface area (TPSA) is 22.4 Å². The van der Waals surface area contributed by atoms with Gasteiger partial charge in [0.05, 0.1) is 0 Å². The van der Waals surface area contributed by atoms with Crippen molar-refractivity contribution in [2.24, 2.45) is 0 Å². The van der Waals surface area contributed by atoms with Crippen molar-refractivity contribution < 1.29 is 25.0 Å². The van der Waals surface area contributed by atoms with E-state index in [-0.39, 0.29) is 0 Å². The average Bonchev–Trinajstić information content (AvgIpc) is 2.81. The van der Waals surface area contributed by atoms with E-state index in [4.69, 9.17) is 9.15 Å². The Labute approximate surface area is 96.4 Å². The van der Waals surface area contributed by atoms with Gasteiger partial charge in [-0.2, -0.15) is 0 Å². The van der Waals surface area contributed by atoms with E-state index in [0.29, 0.717) is 0 Å². The summed E-state index contributed by atoms with van der Waals surface area (Å²) in [7, 11) is 1.65. The van der Waals surface area contributed by atoms with Gasteiger partial charge < -0.3 is 0 Å². The molecule has 0 aliphatic carbocycles. The summed E-state index contributed by atoms with van der Waals surface area (Å²) in [5, 5.41) is 0. The van der Waals surface area contributed by atoms with Crippen LogP contribution in [0.4, 0.5) is 0 Å². The Balaban J connectivity index is 2.52. The number of furan rings is 1. The number of hydrogen-bond acceptors (Lipinski definition) is 2. The first-order valence-corrected chi connectivity index (χ1v) is 5.16.